The monoisotopic (exact) mass is 152 g/mol. The lowest BCUT2D eigenvalue weighted by molar-refractivity contribution is 0.0965. The first-order valence-corrected chi connectivity index (χ1v) is 4.86. The van der Waals surface area contributed by atoms with E-state index in [1.807, 2.05) is 0 Å². The van der Waals surface area contributed by atoms with E-state index in [9.17, 15) is 0 Å². The fourth-order valence-corrected chi connectivity index (χ4v) is 3.16. The van der Waals surface area contributed by atoms with Gasteiger partial charge >= 0.3 is 0 Å². The van der Waals surface area contributed by atoms with Gasteiger partial charge in [0.25, 0.3) is 0 Å². The number of nitrogens with zero attached hydrogens (tertiary/aromatic N) is 1. The summed E-state index contributed by atoms with van der Waals surface area (Å²) in [6.45, 7) is 5.39. The van der Waals surface area contributed by atoms with E-state index in [4.69, 9.17) is 0 Å². The fourth-order valence-electron chi connectivity index (χ4n) is 3.16. The fraction of sp³-hybridized carbons (Fsp3) is 1.00. The lowest BCUT2D eigenvalue weighted by atomic mass is 9.84. The average molecular weight is 152 g/mol. The molecule has 0 saturated carbocycles. The van der Waals surface area contributed by atoms with Gasteiger partial charge in [0.1, 0.15) is 0 Å². The zero-order chi connectivity index (χ0) is 7.26. The third kappa shape index (κ3) is 1.00. The molecule has 4 aliphatic rings. The van der Waals surface area contributed by atoms with Crippen molar-refractivity contribution in [1.29, 1.82) is 0 Å². The zero-order valence-electron chi connectivity index (χ0n) is 6.92. The molecule has 62 valence electrons. The van der Waals surface area contributed by atoms with Gasteiger partial charge in [-0.1, -0.05) is 0 Å². The number of nitrogens with one attached hydrogen (secondary N) is 1. The second-order valence-corrected chi connectivity index (χ2v) is 4.53. The van der Waals surface area contributed by atoms with Crippen LogP contribution in [0, 0.1) is 11.8 Å². The van der Waals surface area contributed by atoms with Crippen molar-refractivity contribution < 1.29 is 0 Å². The third-order valence-corrected chi connectivity index (χ3v) is 3.49. The van der Waals surface area contributed by atoms with Gasteiger partial charge in [0.2, 0.25) is 0 Å². The molecule has 2 nitrogen and oxygen atoms in total. The van der Waals surface area contributed by atoms with Crippen molar-refractivity contribution >= 4 is 0 Å². The smallest absolute Gasteiger partial charge is 0.0198 e. The van der Waals surface area contributed by atoms with E-state index in [2.05, 4.69) is 10.2 Å². The highest BCUT2D eigenvalue weighted by Crippen LogP contribution is 2.32. The van der Waals surface area contributed by atoms with Crippen molar-refractivity contribution in [3.05, 3.63) is 0 Å². The molecular formula is C9H16N2. The largest absolute Gasteiger partial charge is 0.312 e. The summed E-state index contributed by atoms with van der Waals surface area (Å²) in [4.78, 5) is 2.66. The number of hydrogen-bond acceptors (Lipinski definition) is 2. The molecule has 1 N–H and O–H groups in total. The van der Waals surface area contributed by atoms with Crippen LogP contribution in [0.3, 0.4) is 0 Å². The van der Waals surface area contributed by atoms with Gasteiger partial charge in [-0.05, 0) is 31.2 Å². The number of fused-ring (bicyclic) bond motifs is 1. The summed E-state index contributed by atoms with van der Waals surface area (Å²) in [7, 11) is 0. The Morgan fingerprint density at radius 2 is 1.91 bits per heavy atom. The van der Waals surface area contributed by atoms with Gasteiger partial charge in [-0.3, -0.25) is 0 Å². The van der Waals surface area contributed by atoms with Crippen molar-refractivity contribution in [3.8, 4) is 0 Å². The van der Waals surface area contributed by atoms with Gasteiger partial charge in [-0.15, -0.1) is 0 Å². The SMILES string of the molecule is C1NC2CC3CC1CN(C3)C2. The van der Waals surface area contributed by atoms with Crippen LogP contribution >= 0.6 is 0 Å². The van der Waals surface area contributed by atoms with E-state index >= 15 is 0 Å². The van der Waals surface area contributed by atoms with Gasteiger partial charge in [-0.2, -0.15) is 0 Å². The Balaban J connectivity index is 1.90. The van der Waals surface area contributed by atoms with E-state index in [1.165, 1.54) is 39.0 Å². The van der Waals surface area contributed by atoms with Crippen LogP contribution in [-0.4, -0.2) is 37.1 Å². The van der Waals surface area contributed by atoms with Crippen LogP contribution in [0.5, 0.6) is 0 Å². The highest BCUT2D eigenvalue weighted by molar-refractivity contribution is 4.94. The standard InChI is InChI=1S/C9H16N2/c1-7-2-9-6-11(4-7)5-8(1)3-10-9/h7-10H,1-6H2. The Kier molecular flexibility index (Phi) is 1.29. The molecule has 2 heteroatoms. The van der Waals surface area contributed by atoms with Crippen LogP contribution in [0.25, 0.3) is 0 Å². The van der Waals surface area contributed by atoms with E-state index in [0.29, 0.717) is 0 Å². The van der Waals surface area contributed by atoms with Gasteiger partial charge < -0.3 is 10.2 Å². The van der Waals surface area contributed by atoms with E-state index in [-0.39, 0.29) is 0 Å². The molecule has 0 aliphatic carbocycles. The first kappa shape index (κ1) is 6.44. The lowest BCUT2D eigenvalue weighted by Gasteiger charge is -2.40. The first-order valence-electron chi connectivity index (χ1n) is 4.86. The molecule has 0 radical (unpaired) electrons. The Morgan fingerprint density at radius 3 is 2.82 bits per heavy atom. The summed E-state index contributed by atoms with van der Waals surface area (Å²) >= 11 is 0. The highest BCUT2D eigenvalue weighted by Gasteiger charge is 2.37. The van der Waals surface area contributed by atoms with Crippen molar-refractivity contribution in [3.63, 3.8) is 0 Å². The van der Waals surface area contributed by atoms with E-state index in [1.54, 1.807) is 0 Å². The Hall–Kier alpha value is -0.0800. The summed E-state index contributed by atoms with van der Waals surface area (Å²) in [6, 6.07) is 0.834. The third-order valence-electron chi connectivity index (χ3n) is 3.49. The van der Waals surface area contributed by atoms with Crippen LogP contribution < -0.4 is 5.32 Å². The van der Waals surface area contributed by atoms with Gasteiger partial charge in [-0.25, -0.2) is 0 Å². The highest BCUT2D eigenvalue weighted by atomic mass is 15.2. The molecule has 0 aromatic carbocycles. The molecule has 11 heavy (non-hydrogen) atoms. The van der Waals surface area contributed by atoms with Crippen molar-refractivity contribution in [2.45, 2.75) is 18.9 Å². The lowest BCUT2D eigenvalue weighted by Crippen LogP contribution is -2.48. The van der Waals surface area contributed by atoms with Crippen molar-refractivity contribution in [2.75, 3.05) is 26.2 Å². The summed E-state index contributed by atoms with van der Waals surface area (Å²) < 4.78 is 0. The van der Waals surface area contributed by atoms with E-state index < -0.39 is 0 Å². The van der Waals surface area contributed by atoms with E-state index in [0.717, 1.165) is 17.9 Å². The second kappa shape index (κ2) is 2.20. The average Bonchev–Trinajstić information content (AvgIpc) is 2.18. The van der Waals surface area contributed by atoms with Crippen LogP contribution in [0.15, 0.2) is 0 Å². The minimum absolute atomic E-state index is 0.834. The Morgan fingerprint density at radius 1 is 1.00 bits per heavy atom. The van der Waals surface area contributed by atoms with Crippen molar-refractivity contribution in [1.82, 2.24) is 10.2 Å². The number of piperidine rings is 2. The normalized spacial score (nSPS) is 54.5. The Labute approximate surface area is 68.0 Å². The predicted molar refractivity (Wildman–Crippen MR) is 44.4 cm³/mol. The Bertz CT molecular complexity index is 135. The van der Waals surface area contributed by atoms with Crippen LogP contribution in [0.1, 0.15) is 12.8 Å². The molecule has 4 heterocycles. The zero-order valence-corrected chi connectivity index (χ0v) is 6.92. The second-order valence-electron chi connectivity index (χ2n) is 4.53. The summed E-state index contributed by atoms with van der Waals surface area (Å²) in [5, 5.41) is 3.66. The minimum Gasteiger partial charge on any atom is -0.312 e. The maximum Gasteiger partial charge on any atom is 0.0198 e. The maximum atomic E-state index is 3.66. The van der Waals surface area contributed by atoms with Gasteiger partial charge in [0.15, 0.2) is 0 Å². The van der Waals surface area contributed by atoms with Crippen LogP contribution in [0.4, 0.5) is 0 Å². The molecule has 4 fully saturated rings. The first-order chi connectivity index (χ1) is 5.40. The predicted octanol–water partition coefficient (Wildman–Crippen LogP) is 0.300. The summed E-state index contributed by atoms with van der Waals surface area (Å²) in [6.07, 6.45) is 2.95. The molecule has 4 rings (SSSR count). The van der Waals surface area contributed by atoms with Crippen molar-refractivity contribution in [2.24, 2.45) is 11.8 Å². The molecule has 0 aromatic heterocycles. The maximum absolute atomic E-state index is 3.66. The number of hydrogen-bond donors (Lipinski definition) is 1. The number of rotatable bonds is 0. The summed E-state index contributed by atoms with van der Waals surface area (Å²) in [5.41, 5.74) is 0. The quantitative estimate of drug-likeness (QED) is 0.537. The molecule has 0 amide bonds. The summed E-state index contributed by atoms with van der Waals surface area (Å²) in [5.74, 6) is 2.00. The van der Waals surface area contributed by atoms with Crippen LogP contribution in [0.2, 0.25) is 0 Å². The molecule has 0 aromatic rings. The molecule has 4 aliphatic heterocycles. The molecule has 0 spiro atoms. The minimum atomic E-state index is 0.834. The molecular weight excluding hydrogens is 136 g/mol. The molecule has 4 saturated heterocycles. The molecule has 4 atom stereocenters. The van der Waals surface area contributed by atoms with Gasteiger partial charge in [0.05, 0.1) is 0 Å². The topological polar surface area (TPSA) is 15.3 Å². The molecule has 4 bridgehead atoms. The molecule has 4 unspecified atom stereocenters. The van der Waals surface area contributed by atoms with Gasteiger partial charge in [0, 0.05) is 25.7 Å². The van der Waals surface area contributed by atoms with Crippen LogP contribution in [-0.2, 0) is 0 Å².